The van der Waals surface area contributed by atoms with Gasteiger partial charge in [-0.3, -0.25) is 28.8 Å². The number of hydrogen-bond donors (Lipinski definition) is 6. The number of ether oxygens (including phenoxy) is 5. The van der Waals surface area contributed by atoms with Crippen LogP contribution < -0.4 is 26.6 Å². The van der Waals surface area contributed by atoms with E-state index >= 15 is 0 Å². The number of imidazole rings is 1. The molecule has 7 N–H and O–H groups in total. The van der Waals surface area contributed by atoms with Gasteiger partial charge in [-0.2, -0.15) is 21.4 Å². The quantitative estimate of drug-likeness (QED) is 0.00682. The molecule has 0 saturated carbocycles. The Balaban J connectivity index is 0.701. The molecule has 3 heterocycles. The normalized spacial score (nSPS) is 14.9. The average Bonchev–Trinajstić information content (AvgIpc) is 1.61. The highest BCUT2D eigenvalue weighted by molar-refractivity contribution is 7.86. The maximum absolute atomic E-state index is 13.1. The second kappa shape index (κ2) is 37.4. The van der Waals surface area contributed by atoms with Gasteiger partial charge in [0.2, 0.25) is 23.5 Å². The number of hydrogen-bond acceptors (Lipinski definition) is 15. The van der Waals surface area contributed by atoms with Gasteiger partial charge in [0.1, 0.15) is 6.54 Å². The van der Waals surface area contributed by atoms with E-state index in [1.54, 1.807) is 24.3 Å². The number of allylic oxidation sites excluding steroid dienone is 6. The second-order valence-electron chi connectivity index (χ2n) is 25.5. The lowest BCUT2D eigenvalue weighted by Crippen LogP contribution is -2.28. The fourth-order valence-corrected chi connectivity index (χ4v) is 13.3. The van der Waals surface area contributed by atoms with E-state index in [9.17, 15) is 40.3 Å². The first-order valence-corrected chi connectivity index (χ1v) is 37.2. The molecule has 24 heteroatoms. The molecule has 532 valence electrons. The van der Waals surface area contributed by atoms with Crippen molar-refractivity contribution in [2.45, 2.75) is 103 Å². The van der Waals surface area contributed by atoms with Crippen LogP contribution in [-0.2, 0) is 72.6 Å². The third kappa shape index (κ3) is 23.0. The van der Waals surface area contributed by atoms with Gasteiger partial charge in [-0.15, -0.1) is 0 Å². The van der Waals surface area contributed by atoms with Crippen molar-refractivity contribution in [3.63, 3.8) is 0 Å². The summed E-state index contributed by atoms with van der Waals surface area (Å²) in [6, 6.07) is 36.9. The SMILES string of the molecule is CCCn1c(NC(=O)c2cccc(C(N)=O)c2)nc2cc(/C=C/C(=O)NCCCOCCOCCOCCOCCOCCCNCc3ccc(C(C=CC4=[N+](CCCCS(=O)(=O)O)c5ccccc5C4(C)C)=CC=C4N(CCCCS(=O)(=O)O)c5ccccc5C4(C)C)cc3)ccc21. The van der Waals surface area contributed by atoms with Crippen molar-refractivity contribution in [2.24, 2.45) is 5.73 Å². The van der Waals surface area contributed by atoms with Crippen LogP contribution in [0.25, 0.3) is 22.7 Å². The lowest BCUT2D eigenvalue weighted by atomic mass is 9.81. The first-order valence-electron chi connectivity index (χ1n) is 34.0. The van der Waals surface area contributed by atoms with E-state index in [0.29, 0.717) is 142 Å². The Labute approximate surface area is 582 Å². The number of amides is 3. The number of primary amides is 1. The Morgan fingerprint density at radius 2 is 1.24 bits per heavy atom. The van der Waals surface area contributed by atoms with E-state index in [-0.39, 0.29) is 39.4 Å². The molecule has 5 aromatic carbocycles. The van der Waals surface area contributed by atoms with Gasteiger partial charge in [-0.05, 0) is 141 Å². The average molecular weight is 1400 g/mol. The van der Waals surface area contributed by atoms with Crippen molar-refractivity contribution in [3.8, 4) is 0 Å². The third-order valence-electron chi connectivity index (χ3n) is 17.3. The molecule has 1 aromatic heterocycles. The van der Waals surface area contributed by atoms with Gasteiger partial charge in [0.05, 0.1) is 80.8 Å². The molecular weight excluding hydrogens is 1300 g/mol. The van der Waals surface area contributed by atoms with Gasteiger partial charge in [0.25, 0.3) is 26.1 Å². The molecule has 0 atom stereocenters. The highest BCUT2D eigenvalue weighted by atomic mass is 32.2. The van der Waals surface area contributed by atoms with Crippen molar-refractivity contribution in [2.75, 3.05) is 114 Å². The van der Waals surface area contributed by atoms with Crippen LogP contribution in [0.15, 0.2) is 151 Å². The molecule has 0 radical (unpaired) electrons. The van der Waals surface area contributed by atoms with Gasteiger partial charge in [0.15, 0.2) is 5.71 Å². The number of benzene rings is 5. The molecule has 2 aliphatic rings. The molecule has 22 nitrogen and oxygen atoms in total. The predicted octanol–water partition coefficient (Wildman–Crippen LogP) is 10.6. The Hall–Kier alpha value is -8.01. The molecule has 6 aromatic rings. The lowest BCUT2D eigenvalue weighted by molar-refractivity contribution is -0.438. The number of aromatic nitrogens is 2. The minimum atomic E-state index is -4.08. The number of carbonyl (C=O) groups excluding carboxylic acids is 3. The molecule has 99 heavy (non-hydrogen) atoms. The number of fused-ring (bicyclic) bond motifs is 3. The molecular formula is C75H97N8O14S2+. The summed E-state index contributed by atoms with van der Waals surface area (Å²) in [4.78, 5) is 44.2. The van der Waals surface area contributed by atoms with E-state index in [1.807, 2.05) is 54.0 Å². The topological polar surface area (TPSA) is 292 Å². The largest absolute Gasteiger partial charge is 0.379 e. The summed E-state index contributed by atoms with van der Waals surface area (Å²) in [5.41, 5.74) is 17.1. The first-order chi connectivity index (χ1) is 47.5. The summed E-state index contributed by atoms with van der Waals surface area (Å²) in [7, 11) is -8.16. The van der Waals surface area contributed by atoms with E-state index in [4.69, 9.17) is 29.4 Å². The van der Waals surface area contributed by atoms with Crippen LogP contribution in [0.3, 0.4) is 0 Å². The van der Waals surface area contributed by atoms with Gasteiger partial charge < -0.3 is 49.5 Å². The maximum atomic E-state index is 13.1. The highest BCUT2D eigenvalue weighted by Crippen LogP contribution is 2.48. The number of nitrogens with one attached hydrogen (secondary N) is 3. The molecule has 3 amide bonds. The van der Waals surface area contributed by atoms with Gasteiger partial charge in [-0.1, -0.05) is 99.6 Å². The summed E-state index contributed by atoms with van der Waals surface area (Å²) in [6.07, 6.45) is 15.8. The number of aryl methyl sites for hydroxylation is 1. The summed E-state index contributed by atoms with van der Waals surface area (Å²) in [5, 5.41) is 9.27. The summed E-state index contributed by atoms with van der Waals surface area (Å²) in [5.74, 6) is -1.49. The van der Waals surface area contributed by atoms with E-state index in [1.165, 1.54) is 23.3 Å². The first kappa shape index (κ1) is 76.7. The van der Waals surface area contributed by atoms with Gasteiger partial charge in [0, 0.05) is 97.5 Å². The number of nitrogens with two attached hydrogens (primary N) is 1. The summed E-state index contributed by atoms with van der Waals surface area (Å²) in [6.45, 7) is 19.0. The van der Waals surface area contributed by atoms with Crippen LogP contribution in [-0.4, -0.2) is 167 Å². The fourth-order valence-electron chi connectivity index (χ4n) is 12.2. The lowest BCUT2D eigenvalue weighted by Gasteiger charge is -2.27. The van der Waals surface area contributed by atoms with Crippen molar-refractivity contribution >= 4 is 83.7 Å². The number of rotatable bonds is 43. The third-order valence-corrected chi connectivity index (χ3v) is 18.9. The molecule has 2 aliphatic heterocycles. The van der Waals surface area contributed by atoms with Crippen molar-refractivity contribution in [1.82, 2.24) is 20.2 Å². The minimum Gasteiger partial charge on any atom is -0.379 e. The molecule has 0 aliphatic carbocycles. The van der Waals surface area contributed by atoms with Gasteiger partial charge in [-0.25, -0.2) is 4.98 Å². The zero-order chi connectivity index (χ0) is 70.8. The number of carbonyl (C=O) groups is 3. The van der Waals surface area contributed by atoms with Gasteiger partial charge >= 0.3 is 0 Å². The Morgan fingerprint density at radius 1 is 0.626 bits per heavy atom. The molecule has 0 bridgehead atoms. The highest BCUT2D eigenvalue weighted by Gasteiger charge is 2.44. The second-order valence-corrected chi connectivity index (χ2v) is 28.6. The molecule has 0 spiro atoms. The van der Waals surface area contributed by atoms with Crippen LogP contribution in [0.4, 0.5) is 17.3 Å². The van der Waals surface area contributed by atoms with Crippen LogP contribution in [0.2, 0.25) is 0 Å². The minimum absolute atomic E-state index is 0.235. The van der Waals surface area contributed by atoms with Crippen LogP contribution >= 0.6 is 0 Å². The van der Waals surface area contributed by atoms with Crippen molar-refractivity contribution in [3.05, 3.63) is 190 Å². The Bertz CT molecular complexity index is 4100. The zero-order valence-electron chi connectivity index (χ0n) is 57.6. The molecule has 0 unspecified atom stereocenters. The monoisotopic (exact) mass is 1400 g/mol. The van der Waals surface area contributed by atoms with Crippen LogP contribution in [0.1, 0.15) is 128 Å². The smallest absolute Gasteiger partial charge is 0.264 e. The van der Waals surface area contributed by atoms with Crippen molar-refractivity contribution < 1.29 is 68.6 Å². The van der Waals surface area contributed by atoms with E-state index in [2.05, 4.69) is 131 Å². The number of nitrogens with zero attached hydrogens (tertiary/aromatic N) is 4. The predicted molar refractivity (Wildman–Crippen MR) is 389 cm³/mol. The standard InChI is InChI=1S/C75H96N8O14S2/c1-6-38-83-67-32-26-56(53-64(67)79-73(83)80-72(86)61-19-15-18-60(54-61)71(76)85)27-35-70(84)78-37-17-42-94-44-46-96-48-50-97-49-47-95-45-43-93-41-16-36-77-55-57-24-28-58(29-25-57)59(30-33-68-74(2,3)62-20-7-9-22-65(62)81(68)39-11-13-51-98(87,88)89)31-34-69-75(4,5)63-21-8-10-23-66(63)82(69)40-12-14-52-99(90,91)92/h7-10,15,18-35,53-54,77H,6,11-14,16-17,36-52,55H2,1-5H3,(H5-,76,78,79,80,84,85,86,87,88,89,90,91,92)/p+1/b35-27+. The maximum Gasteiger partial charge on any atom is 0.264 e. The summed E-state index contributed by atoms with van der Waals surface area (Å²) < 4.78 is 98.0. The van der Waals surface area contributed by atoms with E-state index < -0.39 is 32.1 Å². The van der Waals surface area contributed by atoms with Crippen LogP contribution in [0.5, 0.6) is 0 Å². The number of anilines is 2. The number of para-hydroxylation sites is 2. The van der Waals surface area contributed by atoms with Crippen molar-refractivity contribution in [1.29, 1.82) is 0 Å². The Morgan fingerprint density at radius 3 is 1.90 bits per heavy atom. The van der Waals surface area contributed by atoms with Crippen LogP contribution in [0, 0.1) is 0 Å². The number of unbranched alkanes of at least 4 members (excludes halogenated alkanes) is 2. The van der Waals surface area contributed by atoms with E-state index in [0.717, 1.165) is 70.0 Å². The molecule has 0 saturated heterocycles. The fraction of sp³-hybridized carbons (Fsp3) is 0.427. The Kier molecular flexibility index (Phi) is 29.0. The molecule has 8 rings (SSSR count). The summed E-state index contributed by atoms with van der Waals surface area (Å²) >= 11 is 0. The molecule has 0 fully saturated rings. The zero-order valence-corrected chi connectivity index (χ0v) is 59.2.